The number of esters is 1. The molecule has 0 aliphatic rings. The van der Waals surface area contributed by atoms with Crippen LogP contribution in [0.4, 0.5) is 0 Å². The van der Waals surface area contributed by atoms with E-state index in [1.54, 1.807) is 42.5 Å². The number of aromatic nitrogens is 2. The second-order valence-corrected chi connectivity index (χ2v) is 6.53. The fourth-order valence-electron chi connectivity index (χ4n) is 2.57. The van der Waals surface area contributed by atoms with Gasteiger partial charge in [-0.25, -0.2) is 9.48 Å². The quantitative estimate of drug-likeness (QED) is 0.456. The van der Waals surface area contributed by atoms with Gasteiger partial charge in [-0.3, -0.25) is 9.59 Å². The van der Waals surface area contributed by atoms with Gasteiger partial charge in [-0.2, -0.15) is 5.10 Å². The van der Waals surface area contributed by atoms with Crippen LogP contribution in [0.1, 0.15) is 20.8 Å². The Balaban J connectivity index is 1.81. The number of halogens is 1. The number of methoxy groups -OCH3 is 1. The van der Waals surface area contributed by atoms with Crippen molar-refractivity contribution in [2.24, 2.45) is 7.05 Å². The summed E-state index contributed by atoms with van der Waals surface area (Å²) in [6.07, 6.45) is 0. The number of Topliss-reactive ketones (excluding diaryl/α,β-unsaturated/α-hetero) is 1. The number of aryl methyl sites for hydroxylation is 1. The van der Waals surface area contributed by atoms with E-state index in [1.165, 1.54) is 14.2 Å². The van der Waals surface area contributed by atoms with Crippen LogP contribution in [0.2, 0.25) is 0 Å². The molecule has 0 bridgehead atoms. The smallest absolute Gasteiger partial charge is 0.359 e. The third-order valence-electron chi connectivity index (χ3n) is 3.96. The van der Waals surface area contributed by atoms with Crippen LogP contribution >= 0.6 is 15.9 Å². The zero-order chi connectivity index (χ0) is 19.6. The first-order chi connectivity index (χ1) is 12.9. The molecule has 7 nitrogen and oxygen atoms in total. The number of carbonyl (C=O) groups excluding carboxylic acids is 2. The van der Waals surface area contributed by atoms with Crippen molar-refractivity contribution in [3.63, 3.8) is 0 Å². The predicted octanol–water partition coefficient (Wildman–Crippen LogP) is 2.74. The van der Waals surface area contributed by atoms with Gasteiger partial charge in [0.05, 0.1) is 17.0 Å². The largest absolute Gasteiger partial charge is 0.496 e. The number of fused-ring (bicyclic) bond motifs is 1. The van der Waals surface area contributed by atoms with E-state index >= 15 is 0 Å². The molecule has 2 aromatic carbocycles. The van der Waals surface area contributed by atoms with Crippen molar-refractivity contribution in [1.82, 2.24) is 9.78 Å². The van der Waals surface area contributed by atoms with Gasteiger partial charge < -0.3 is 9.47 Å². The molecule has 0 saturated heterocycles. The number of rotatable bonds is 5. The molecule has 3 aromatic rings. The average Bonchev–Trinajstić information content (AvgIpc) is 2.68. The molecule has 0 spiro atoms. The second kappa shape index (κ2) is 7.71. The molecule has 0 atom stereocenters. The molecule has 0 unspecified atom stereocenters. The number of nitrogens with zero attached hydrogens (tertiary/aromatic N) is 2. The Hall–Kier alpha value is -3.00. The first-order valence-corrected chi connectivity index (χ1v) is 8.71. The fraction of sp³-hybridized carbons (Fsp3) is 0.158. The van der Waals surface area contributed by atoms with Gasteiger partial charge in [-0.05, 0) is 40.2 Å². The summed E-state index contributed by atoms with van der Waals surface area (Å²) in [7, 11) is 2.97. The summed E-state index contributed by atoms with van der Waals surface area (Å²) in [5.41, 5.74) is 0.0338. The van der Waals surface area contributed by atoms with Crippen molar-refractivity contribution in [3.8, 4) is 5.75 Å². The van der Waals surface area contributed by atoms with Gasteiger partial charge in [0, 0.05) is 18.0 Å². The normalized spacial score (nSPS) is 10.6. The first-order valence-electron chi connectivity index (χ1n) is 7.92. The van der Waals surface area contributed by atoms with Crippen LogP contribution in [0.25, 0.3) is 10.8 Å². The van der Waals surface area contributed by atoms with Crippen LogP contribution in [-0.4, -0.2) is 35.2 Å². The summed E-state index contributed by atoms with van der Waals surface area (Å²) in [6, 6.07) is 11.4. The van der Waals surface area contributed by atoms with Gasteiger partial charge in [0.25, 0.3) is 5.56 Å². The van der Waals surface area contributed by atoms with Gasteiger partial charge in [0.15, 0.2) is 18.1 Å². The van der Waals surface area contributed by atoms with E-state index < -0.39 is 12.6 Å². The number of ketones is 1. The third kappa shape index (κ3) is 3.75. The van der Waals surface area contributed by atoms with Crippen LogP contribution < -0.4 is 10.3 Å². The Morgan fingerprint density at radius 3 is 2.52 bits per heavy atom. The Morgan fingerprint density at radius 1 is 1.15 bits per heavy atom. The maximum atomic E-state index is 12.4. The summed E-state index contributed by atoms with van der Waals surface area (Å²) < 4.78 is 11.9. The molecule has 1 heterocycles. The average molecular weight is 431 g/mol. The number of carbonyl (C=O) groups is 2. The van der Waals surface area contributed by atoms with E-state index in [0.29, 0.717) is 26.6 Å². The number of ether oxygens (including phenoxy) is 2. The van der Waals surface area contributed by atoms with Crippen LogP contribution in [0, 0.1) is 0 Å². The van der Waals surface area contributed by atoms with Crippen molar-refractivity contribution in [2.45, 2.75) is 0 Å². The molecule has 3 rings (SSSR count). The highest BCUT2D eigenvalue weighted by atomic mass is 79.9. The van der Waals surface area contributed by atoms with E-state index in [2.05, 4.69) is 21.0 Å². The highest BCUT2D eigenvalue weighted by molar-refractivity contribution is 9.10. The number of hydrogen-bond donors (Lipinski definition) is 0. The van der Waals surface area contributed by atoms with Gasteiger partial charge in [-0.15, -0.1) is 0 Å². The Bertz CT molecular complexity index is 1110. The van der Waals surface area contributed by atoms with E-state index in [1.807, 2.05) is 0 Å². The third-order valence-corrected chi connectivity index (χ3v) is 4.58. The van der Waals surface area contributed by atoms with Gasteiger partial charge in [0.1, 0.15) is 5.75 Å². The lowest BCUT2D eigenvalue weighted by atomic mass is 10.1. The molecule has 0 saturated carbocycles. The Morgan fingerprint density at radius 2 is 1.85 bits per heavy atom. The molecule has 8 heteroatoms. The SMILES string of the molecule is COc1ccc(C(=O)COC(=O)c2nn(C)c(=O)c3ccccc23)cc1Br. The summed E-state index contributed by atoms with van der Waals surface area (Å²) in [4.78, 5) is 36.9. The molecule has 1 aromatic heterocycles. The molecule has 0 N–H and O–H groups in total. The van der Waals surface area contributed by atoms with Crippen LogP contribution in [0.5, 0.6) is 5.75 Å². The molecule has 0 radical (unpaired) electrons. The molecule has 0 amide bonds. The van der Waals surface area contributed by atoms with Crippen LogP contribution in [-0.2, 0) is 11.8 Å². The molecular weight excluding hydrogens is 416 g/mol. The van der Waals surface area contributed by atoms with Crippen molar-refractivity contribution in [3.05, 3.63) is 68.5 Å². The van der Waals surface area contributed by atoms with Crippen molar-refractivity contribution < 1.29 is 19.1 Å². The lowest BCUT2D eigenvalue weighted by Gasteiger charge is -2.09. The Labute approximate surface area is 162 Å². The molecular formula is C19H15BrN2O5. The summed E-state index contributed by atoms with van der Waals surface area (Å²) in [6.45, 7) is -0.448. The summed E-state index contributed by atoms with van der Waals surface area (Å²) in [5, 5.41) is 4.72. The van der Waals surface area contributed by atoms with Gasteiger partial charge >= 0.3 is 5.97 Å². The van der Waals surface area contributed by atoms with Crippen molar-refractivity contribution in [2.75, 3.05) is 13.7 Å². The predicted molar refractivity (Wildman–Crippen MR) is 102 cm³/mol. The molecule has 138 valence electrons. The van der Waals surface area contributed by atoms with Gasteiger partial charge in [0.2, 0.25) is 0 Å². The highest BCUT2D eigenvalue weighted by Crippen LogP contribution is 2.25. The zero-order valence-electron chi connectivity index (χ0n) is 14.6. The minimum Gasteiger partial charge on any atom is -0.496 e. The van der Waals surface area contributed by atoms with Crippen LogP contribution in [0.3, 0.4) is 0 Å². The van der Waals surface area contributed by atoms with Crippen molar-refractivity contribution in [1.29, 1.82) is 0 Å². The molecule has 0 aliphatic heterocycles. The maximum Gasteiger partial charge on any atom is 0.359 e. The van der Waals surface area contributed by atoms with Crippen LogP contribution in [0.15, 0.2) is 51.7 Å². The summed E-state index contributed by atoms with van der Waals surface area (Å²) >= 11 is 3.31. The van der Waals surface area contributed by atoms with Crippen molar-refractivity contribution >= 4 is 38.5 Å². The van der Waals surface area contributed by atoms with E-state index in [4.69, 9.17) is 9.47 Å². The monoisotopic (exact) mass is 430 g/mol. The number of benzene rings is 2. The standard InChI is InChI=1S/C19H15BrN2O5/c1-22-18(24)13-6-4-3-5-12(13)17(21-22)19(25)27-10-15(23)11-7-8-16(26-2)14(20)9-11/h3-9H,10H2,1-2H3. The van der Waals surface area contributed by atoms with Gasteiger partial charge in [-0.1, -0.05) is 18.2 Å². The minimum atomic E-state index is -0.775. The number of hydrogen-bond acceptors (Lipinski definition) is 6. The molecule has 0 aliphatic carbocycles. The lowest BCUT2D eigenvalue weighted by Crippen LogP contribution is -2.24. The van der Waals surface area contributed by atoms with E-state index in [9.17, 15) is 14.4 Å². The minimum absolute atomic E-state index is 0.0172. The molecule has 27 heavy (non-hydrogen) atoms. The maximum absolute atomic E-state index is 12.4. The lowest BCUT2D eigenvalue weighted by molar-refractivity contribution is 0.0469. The fourth-order valence-corrected chi connectivity index (χ4v) is 3.11. The topological polar surface area (TPSA) is 87.5 Å². The Kier molecular flexibility index (Phi) is 5.36. The first kappa shape index (κ1) is 18.8. The highest BCUT2D eigenvalue weighted by Gasteiger charge is 2.19. The molecule has 0 fully saturated rings. The van der Waals surface area contributed by atoms with E-state index in [-0.39, 0.29) is 17.0 Å². The van der Waals surface area contributed by atoms with E-state index in [0.717, 1.165) is 4.68 Å². The zero-order valence-corrected chi connectivity index (χ0v) is 16.1. The second-order valence-electron chi connectivity index (χ2n) is 5.67. The summed E-state index contributed by atoms with van der Waals surface area (Å²) in [5.74, 6) is -0.562.